The number of hydrogen-bond donors (Lipinski definition) is 0. The van der Waals surface area contributed by atoms with Crippen LogP contribution >= 0.6 is 15.9 Å². The van der Waals surface area contributed by atoms with Crippen LogP contribution in [0.2, 0.25) is 0 Å². The van der Waals surface area contributed by atoms with E-state index in [1.807, 2.05) is 6.07 Å². The average molecular weight is 417 g/mol. The van der Waals surface area contributed by atoms with E-state index in [-0.39, 0.29) is 36.1 Å². The lowest BCUT2D eigenvalue weighted by molar-refractivity contribution is -0.117. The van der Waals surface area contributed by atoms with E-state index >= 15 is 0 Å². The zero-order chi connectivity index (χ0) is 18.6. The van der Waals surface area contributed by atoms with E-state index in [0.29, 0.717) is 15.9 Å². The smallest absolute Gasteiger partial charge is 0.283 e. The molecule has 1 aliphatic heterocycles. The molecule has 0 unspecified atom stereocenters. The molecular formula is C16H10BrFN6O2. The number of benzene rings is 1. The third kappa shape index (κ3) is 2.32. The largest absolute Gasteiger partial charge is 0.298 e. The van der Waals surface area contributed by atoms with Crippen LogP contribution in [-0.4, -0.2) is 32.1 Å². The maximum absolute atomic E-state index is 13.6. The summed E-state index contributed by atoms with van der Waals surface area (Å²) in [6.07, 6.45) is 0. The molecule has 26 heavy (non-hydrogen) atoms. The van der Waals surface area contributed by atoms with Gasteiger partial charge in [0.1, 0.15) is 12.4 Å². The fourth-order valence-electron chi connectivity index (χ4n) is 2.91. The Morgan fingerprint density at radius 2 is 2.12 bits per heavy atom. The van der Waals surface area contributed by atoms with Crippen molar-refractivity contribution in [1.29, 1.82) is 5.26 Å². The van der Waals surface area contributed by atoms with E-state index in [4.69, 9.17) is 0 Å². The fourth-order valence-corrected chi connectivity index (χ4v) is 3.38. The number of nitrogens with zero attached hydrogens (tertiary/aromatic N) is 6. The SMILES string of the molecule is CN1C(=O)Cn2c1nc1c(nc(Br)n1Cc1cc(F)ccc1C#N)c2=O. The number of aromatic nitrogens is 4. The fraction of sp³-hybridized carbons (Fsp3) is 0.188. The molecule has 0 spiro atoms. The van der Waals surface area contributed by atoms with Gasteiger partial charge in [-0.25, -0.2) is 9.37 Å². The second kappa shape index (κ2) is 5.74. The minimum atomic E-state index is -0.473. The standard InChI is InChI=1S/C16H10BrFN6O2/c1-22-11(25)7-24-14(26)12-13(21-16(22)24)23(15(17)20-12)6-9-4-10(18)3-2-8(9)5-19/h2-4H,6-7H2,1H3. The van der Waals surface area contributed by atoms with Gasteiger partial charge in [0.05, 0.1) is 18.2 Å². The maximum Gasteiger partial charge on any atom is 0.283 e. The van der Waals surface area contributed by atoms with E-state index in [9.17, 15) is 19.2 Å². The maximum atomic E-state index is 13.6. The second-order valence-corrected chi connectivity index (χ2v) is 6.52. The highest BCUT2D eigenvalue weighted by atomic mass is 79.9. The number of fused-ring (bicyclic) bond motifs is 2. The first-order chi connectivity index (χ1) is 12.4. The number of rotatable bonds is 2. The molecule has 3 aromatic rings. The molecule has 0 atom stereocenters. The normalized spacial score (nSPS) is 13.3. The summed E-state index contributed by atoms with van der Waals surface area (Å²) in [5, 5.41) is 9.23. The first-order valence-electron chi connectivity index (χ1n) is 7.52. The van der Waals surface area contributed by atoms with E-state index in [0.717, 1.165) is 0 Å². The third-order valence-electron chi connectivity index (χ3n) is 4.27. The van der Waals surface area contributed by atoms with Crippen LogP contribution in [0.3, 0.4) is 0 Å². The Morgan fingerprint density at radius 1 is 1.35 bits per heavy atom. The van der Waals surface area contributed by atoms with Gasteiger partial charge in [-0.3, -0.25) is 23.6 Å². The van der Waals surface area contributed by atoms with Gasteiger partial charge in [0, 0.05) is 7.05 Å². The molecule has 0 radical (unpaired) electrons. The number of likely N-dealkylation sites (N-methyl/N-ethyl adjacent to an activating group) is 1. The Balaban J connectivity index is 1.93. The summed E-state index contributed by atoms with van der Waals surface area (Å²) in [6, 6.07) is 5.87. The monoisotopic (exact) mass is 416 g/mol. The van der Waals surface area contributed by atoms with Crippen molar-refractivity contribution >= 4 is 38.9 Å². The summed E-state index contributed by atoms with van der Waals surface area (Å²) in [5.41, 5.74) is 0.660. The van der Waals surface area contributed by atoms with Gasteiger partial charge in [-0.1, -0.05) is 0 Å². The topological polar surface area (TPSA) is 96.8 Å². The van der Waals surface area contributed by atoms with Crippen LogP contribution in [0.4, 0.5) is 10.3 Å². The molecule has 2 aromatic heterocycles. The highest BCUT2D eigenvalue weighted by Crippen LogP contribution is 2.24. The Kier molecular flexibility index (Phi) is 3.62. The van der Waals surface area contributed by atoms with Crippen molar-refractivity contribution in [3.05, 3.63) is 50.2 Å². The first kappa shape index (κ1) is 16.4. The van der Waals surface area contributed by atoms with Gasteiger partial charge in [0.2, 0.25) is 11.9 Å². The van der Waals surface area contributed by atoms with Gasteiger partial charge >= 0.3 is 0 Å². The Hall–Kier alpha value is -3.06. The summed E-state index contributed by atoms with van der Waals surface area (Å²) in [5.74, 6) is -0.496. The Morgan fingerprint density at radius 3 is 2.85 bits per heavy atom. The minimum absolute atomic E-state index is 0.0828. The number of hydrogen-bond acceptors (Lipinski definition) is 5. The van der Waals surface area contributed by atoms with Crippen molar-refractivity contribution in [2.45, 2.75) is 13.1 Å². The van der Waals surface area contributed by atoms with Crippen molar-refractivity contribution < 1.29 is 9.18 Å². The van der Waals surface area contributed by atoms with E-state index in [2.05, 4.69) is 25.9 Å². The molecular weight excluding hydrogens is 407 g/mol. The van der Waals surface area contributed by atoms with Gasteiger partial charge in [-0.15, -0.1) is 0 Å². The van der Waals surface area contributed by atoms with Gasteiger partial charge in [-0.05, 0) is 39.7 Å². The lowest BCUT2D eigenvalue weighted by Gasteiger charge is -2.10. The molecule has 0 aliphatic carbocycles. The van der Waals surface area contributed by atoms with Crippen molar-refractivity contribution in [2.24, 2.45) is 0 Å². The van der Waals surface area contributed by atoms with Gasteiger partial charge < -0.3 is 0 Å². The highest BCUT2D eigenvalue weighted by Gasteiger charge is 2.29. The molecule has 10 heteroatoms. The molecule has 8 nitrogen and oxygen atoms in total. The molecule has 0 saturated carbocycles. The van der Waals surface area contributed by atoms with Crippen molar-refractivity contribution in [2.75, 3.05) is 11.9 Å². The van der Waals surface area contributed by atoms with Gasteiger partial charge in [0.25, 0.3) is 5.56 Å². The van der Waals surface area contributed by atoms with E-state index < -0.39 is 11.4 Å². The number of halogens is 2. The lowest BCUT2D eigenvalue weighted by Crippen LogP contribution is -2.22. The van der Waals surface area contributed by atoms with Crippen molar-refractivity contribution in [1.82, 2.24) is 19.1 Å². The lowest BCUT2D eigenvalue weighted by atomic mass is 10.1. The Bertz CT molecular complexity index is 1190. The zero-order valence-electron chi connectivity index (χ0n) is 13.4. The molecule has 0 bridgehead atoms. The molecule has 0 N–H and O–H groups in total. The molecule has 3 heterocycles. The van der Waals surface area contributed by atoms with Crippen molar-refractivity contribution in [3.8, 4) is 6.07 Å². The molecule has 1 aromatic carbocycles. The zero-order valence-corrected chi connectivity index (χ0v) is 15.0. The number of anilines is 1. The molecule has 1 amide bonds. The molecule has 0 saturated heterocycles. The van der Waals surface area contributed by atoms with Crippen LogP contribution < -0.4 is 10.5 Å². The molecule has 130 valence electrons. The summed E-state index contributed by atoms with van der Waals surface area (Å²) in [4.78, 5) is 34.4. The number of imidazole rings is 1. The summed E-state index contributed by atoms with van der Waals surface area (Å²) < 4.78 is 16.7. The summed E-state index contributed by atoms with van der Waals surface area (Å²) >= 11 is 3.29. The number of amides is 1. The second-order valence-electron chi connectivity index (χ2n) is 5.81. The van der Waals surface area contributed by atoms with Crippen LogP contribution in [-0.2, 0) is 17.9 Å². The van der Waals surface area contributed by atoms with Gasteiger partial charge in [-0.2, -0.15) is 10.2 Å². The van der Waals surface area contributed by atoms with Crippen LogP contribution in [0.5, 0.6) is 0 Å². The van der Waals surface area contributed by atoms with Crippen LogP contribution in [0, 0.1) is 17.1 Å². The molecule has 1 aliphatic rings. The molecule has 0 fully saturated rings. The van der Waals surface area contributed by atoms with Gasteiger partial charge in [0.15, 0.2) is 15.9 Å². The first-order valence-corrected chi connectivity index (χ1v) is 8.31. The number of nitriles is 1. The van der Waals surface area contributed by atoms with E-state index in [1.165, 1.54) is 34.7 Å². The Labute approximate surface area is 154 Å². The predicted molar refractivity (Wildman–Crippen MR) is 93.1 cm³/mol. The average Bonchev–Trinajstić information content (AvgIpc) is 3.07. The van der Waals surface area contributed by atoms with Crippen molar-refractivity contribution in [3.63, 3.8) is 0 Å². The number of carbonyl (C=O) groups excluding carboxylic acids is 1. The van der Waals surface area contributed by atoms with Crippen LogP contribution in [0.1, 0.15) is 11.1 Å². The van der Waals surface area contributed by atoms with E-state index in [1.54, 1.807) is 4.57 Å². The van der Waals surface area contributed by atoms with Crippen LogP contribution in [0.25, 0.3) is 11.2 Å². The van der Waals surface area contributed by atoms with Crippen LogP contribution in [0.15, 0.2) is 27.7 Å². The predicted octanol–water partition coefficient (Wildman–Crippen LogP) is 1.39. The summed E-state index contributed by atoms with van der Waals surface area (Å²) in [7, 11) is 1.54. The quantitative estimate of drug-likeness (QED) is 0.588. The minimum Gasteiger partial charge on any atom is -0.298 e. The number of carbonyl (C=O) groups is 1. The molecule has 4 rings (SSSR count). The summed E-state index contributed by atoms with van der Waals surface area (Å²) in [6.45, 7) is 0.00581. The highest BCUT2D eigenvalue weighted by molar-refractivity contribution is 9.10. The third-order valence-corrected chi connectivity index (χ3v) is 4.88.